The highest BCUT2D eigenvalue weighted by atomic mass is 32.2. The number of carbonyl (C=O) groups excluding carboxylic acids is 1. The molecule has 0 atom stereocenters. The summed E-state index contributed by atoms with van der Waals surface area (Å²) < 4.78 is 40.4. The third-order valence-electron chi connectivity index (χ3n) is 3.11. The summed E-state index contributed by atoms with van der Waals surface area (Å²) in [5.74, 6) is -0.512. The number of benzene rings is 2. The highest BCUT2D eigenvalue weighted by molar-refractivity contribution is 8.01. The van der Waals surface area contributed by atoms with Crippen molar-refractivity contribution in [2.24, 2.45) is 0 Å². The Labute approximate surface area is 143 Å². The van der Waals surface area contributed by atoms with Gasteiger partial charge >= 0.3 is 6.18 Å². The van der Waals surface area contributed by atoms with Crippen molar-refractivity contribution in [1.29, 1.82) is 0 Å². The topological polar surface area (TPSA) is 42.0 Å². The second-order valence-electron chi connectivity index (χ2n) is 4.83. The summed E-state index contributed by atoms with van der Waals surface area (Å²) in [6, 6.07) is 12.5. The van der Waals surface area contributed by atoms with E-state index in [1.807, 2.05) is 24.3 Å². The van der Waals surface area contributed by atoms with Gasteiger partial charge in [-0.05, 0) is 24.3 Å². The average molecular weight is 368 g/mol. The van der Waals surface area contributed by atoms with Gasteiger partial charge in [-0.3, -0.25) is 4.79 Å². The first-order chi connectivity index (χ1) is 11.4. The van der Waals surface area contributed by atoms with Gasteiger partial charge in [0.25, 0.3) is 0 Å². The van der Waals surface area contributed by atoms with Gasteiger partial charge in [-0.25, -0.2) is 4.98 Å². The van der Waals surface area contributed by atoms with E-state index in [1.54, 1.807) is 0 Å². The second kappa shape index (κ2) is 6.82. The van der Waals surface area contributed by atoms with Crippen LogP contribution in [0.2, 0.25) is 0 Å². The number of thioether (sulfide) groups is 1. The Bertz CT molecular complexity index is 844. The predicted molar refractivity (Wildman–Crippen MR) is 90.4 cm³/mol. The molecule has 0 saturated carbocycles. The molecule has 2 aromatic carbocycles. The lowest BCUT2D eigenvalue weighted by molar-refractivity contribution is -0.137. The number of thiazole rings is 1. The average Bonchev–Trinajstić information content (AvgIpc) is 2.95. The minimum Gasteiger partial charge on any atom is -0.325 e. The van der Waals surface area contributed by atoms with Crippen molar-refractivity contribution in [2.75, 3.05) is 11.1 Å². The Morgan fingerprint density at radius 2 is 1.83 bits per heavy atom. The van der Waals surface area contributed by atoms with Crippen molar-refractivity contribution in [2.45, 2.75) is 10.5 Å². The number of aromatic nitrogens is 1. The lowest BCUT2D eigenvalue weighted by Gasteiger charge is -2.13. The number of rotatable bonds is 4. The predicted octanol–water partition coefficient (Wildman–Crippen LogP) is 5.05. The number of hydrogen-bond acceptors (Lipinski definition) is 4. The van der Waals surface area contributed by atoms with E-state index in [0.717, 1.165) is 16.3 Å². The van der Waals surface area contributed by atoms with Crippen molar-refractivity contribution < 1.29 is 18.0 Å². The van der Waals surface area contributed by atoms with Crippen LogP contribution in [0.15, 0.2) is 52.9 Å². The molecule has 0 fully saturated rings. The normalized spacial score (nSPS) is 11.6. The number of halogens is 3. The highest BCUT2D eigenvalue weighted by Crippen LogP contribution is 2.35. The molecule has 24 heavy (non-hydrogen) atoms. The number of nitrogens with one attached hydrogen (secondary N) is 1. The molecule has 1 N–H and O–H groups in total. The van der Waals surface area contributed by atoms with Crippen molar-refractivity contribution in [3.05, 3.63) is 54.1 Å². The summed E-state index contributed by atoms with van der Waals surface area (Å²) >= 11 is 2.65. The molecule has 1 amide bonds. The van der Waals surface area contributed by atoms with Gasteiger partial charge in [0.05, 0.1) is 27.2 Å². The number of anilines is 1. The van der Waals surface area contributed by atoms with Crippen LogP contribution in [-0.4, -0.2) is 16.6 Å². The van der Waals surface area contributed by atoms with Gasteiger partial charge in [0.1, 0.15) is 0 Å². The van der Waals surface area contributed by atoms with Crippen LogP contribution in [0.4, 0.5) is 18.9 Å². The highest BCUT2D eigenvalue weighted by Gasteiger charge is 2.33. The number of hydrogen-bond donors (Lipinski definition) is 1. The summed E-state index contributed by atoms with van der Waals surface area (Å²) in [7, 11) is 0. The van der Waals surface area contributed by atoms with Gasteiger partial charge in [-0.1, -0.05) is 36.0 Å². The first-order valence-electron chi connectivity index (χ1n) is 6.88. The quantitative estimate of drug-likeness (QED) is 0.656. The fraction of sp³-hybridized carbons (Fsp3) is 0.125. The molecule has 124 valence electrons. The van der Waals surface area contributed by atoms with E-state index < -0.39 is 17.6 Å². The van der Waals surface area contributed by atoms with Gasteiger partial charge < -0.3 is 5.32 Å². The van der Waals surface area contributed by atoms with Crippen LogP contribution in [0.5, 0.6) is 0 Å². The lowest BCUT2D eigenvalue weighted by atomic mass is 10.1. The summed E-state index contributed by atoms with van der Waals surface area (Å²) in [6.07, 6.45) is -4.51. The van der Waals surface area contributed by atoms with Gasteiger partial charge in [0, 0.05) is 0 Å². The Kier molecular flexibility index (Phi) is 4.77. The summed E-state index contributed by atoms with van der Waals surface area (Å²) in [4.78, 5) is 16.3. The molecule has 0 saturated heterocycles. The smallest absolute Gasteiger partial charge is 0.325 e. The molecule has 0 aliphatic heterocycles. The molecule has 0 aliphatic carbocycles. The Morgan fingerprint density at radius 3 is 2.58 bits per heavy atom. The molecule has 0 aliphatic rings. The van der Waals surface area contributed by atoms with E-state index >= 15 is 0 Å². The molecule has 3 rings (SSSR count). The molecule has 8 heteroatoms. The lowest BCUT2D eigenvalue weighted by Crippen LogP contribution is -2.18. The fourth-order valence-corrected chi connectivity index (χ4v) is 3.93. The minimum atomic E-state index is -4.51. The maximum absolute atomic E-state index is 12.9. The van der Waals surface area contributed by atoms with E-state index in [4.69, 9.17) is 0 Å². The minimum absolute atomic E-state index is 0.00792. The molecule has 0 radical (unpaired) electrons. The SMILES string of the molecule is O=C(CSc1nc2ccccc2s1)Nc1ccccc1C(F)(F)F. The van der Waals surface area contributed by atoms with Crippen LogP contribution in [0.25, 0.3) is 10.2 Å². The monoisotopic (exact) mass is 368 g/mol. The number of carbonyl (C=O) groups is 1. The first-order valence-corrected chi connectivity index (χ1v) is 8.68. The van der Waals surface area contributed by atoms with E-state index in [9.17, 15) is 18.0 Å². The van der Waals surface area contributed by atoms with Crippen LogP contribution in [0.3, 0.4) is 0 Å². The third-order valence-corrected chi connectivity index (χ3v) is 5.29. The molecule has 1 aromatic heterocycles. The number of alkyl halides is 3. The van der Waals surface area contributed by atoms with Crippen LogP contribution in [0, 0.1) is 0 Å². The van der Waals surface area contributed by atoms with E-state index in [0.29, 0.717) is 4.34 Å². The van der Waals surface area contributed by atoms with E-state index in [2.05, 4.69) is 10.3 Å². The first kappa shape index (κ1) is 16.8. The Balaban J connectivity index is 1.66. The number of para-hydroxylation sites is 2. The van der Waals surface area contributed by atoms with Crippen LogP contribution in [-0.2, 0) is 11.0 Å². The summed E-state index contributed by atoms with van der Waals surface area (Å²) in [6.45, 7) is 0. The van der Waals surface area contributed by atoms with E-state index in [1.165, 1.54) is 41.3 Å². The second-order valence-corrected chi connectivity index (χ2v) is 7.08. The van der Waals surface area contributed by atoms with E-state index in [-0.39, 0.29) is 11.4 Å². The molecule has 0 unspecified atom stereocenters. The maximum atomic E-state index is 12.9. The number of fused-ring (bicyclic) bond motifs is 1. The molecule has 1 heterocycles. The molecule has 3 nitrogen and oxygen atoms in total. The fourth-order valence-electron chi connectivity index (χ4n) is 2.07. The number of amides is 1. The van der Waals surface area contributed by atoms with Crippen molar-refractivity contribution in [3.8, 4) is 0 Å². The molecule has 3 aromatic rings. The van der Waals surface area contributed by atoms with Crippen molar-refractivity contribution in [1.82, 2.24) is 4.98 Å². The van der Waals surface area contributed by atoms with Crippen molar-refractivity contribution in [3.63, 3.8) is 0 Å². The summed E-state index contributed by atoms with van der Waals surface area (Å²) in [5.41, 5.74) is -0.254. The molecule has 0 bridgehead atoms. The number of nitrogens with zero attached hydrogens (tertiary/aromatic N) is 1. The van der Waals surface area contributed by atoms with Crippen LogP contribution in [0.1, 0.15) is 5.56 Å². The van der Waals surface area contributed by atoms with Gasteiger partial charge in [0.2, 0.25) is 5.91 Å². The Hall–Kier alpha value is -2.06. The van der Waals surface area contributed by atoms with Gasteiger partial charge in [-0.2, -0.15) is 13.2 Å². The van der Waals surface area contributed by atoms with Crippen LogP contribution < -0.4 is 5.32 Å². The zero-order chi connectivity index (χ0) is 17.2. The zero-order valence-corrected chi connectivity index (χ0v) is 13.8. The third kappa shape index (κ3) is 3.88. The van der Waals surface area contributed by atoms with Gasteiger partial charge in [0.15, 0.2) is 4.34 Å². The standard InChI is InChI=1S/C16H11F3N2OS2/c17-16(18,19)10-5-1-2-6-11(10)20-14(22)9-23-15-21-12-7-3-4-8-13(12)24-15/h1-8H,9H2,(H,20,22). The van der Waals surface area contributed by atoms with Gasteiger partial charge in [-0.15, -0.1) is 11.3 Å². The van der Waals surface area contributed by atoms with Crippen molar-refractivity contribution >= 4 is 44.9 Å². The van der Waals surface area contributed by atoms with Crippen LogP contribution >= 0.6 is 23.1 Å². The molecular formula is C16H11F3N2OS2. The summed E-state index contributed by atoms with van der Waals surface area (Å²) in [5, 5.41) is 2.32. The maximum Gasteiger partial charge on any atom is 0.418 e. The largest absolute Gasteiger partial charge is 0.418 e. The molecular weight excluding hydrogens is 357 g/mol. The Morgan fingerprint density at radius 1 is 1.12 bits per heavy atom. The zero-order valence-electron chi connectivity index (χ0n) is 12.1. The molecule has 0 spiro atoms.